The third kappa shape index (κ3) is 4.10. The summed E-state index contributed by atoms with van der Waals surface area (Å²) in [6.45, 7) is 0. The Morgan fingerprint density at radius 1 is 1.09 bits per heavy atom. The molecular formula is C22H12F2N2O4S2. The van der Waals surface area contributed by atoms with Crippen molar-refractivity contribution in [3.8, 4) is 17.0 Å². The first kappa shape index (κ1) is 21.6. The van der Waals surface area contributed by atoms with Crippen molar-refractivity contribution in [2.24, 2.45) is 0 Å². The van der Waals surface area contributed by atoms with Gasteiger partial charge in [0.25, 0.3) is 5.91 Å². The lowest BCUT2D eigenvalue weighted by Gasteiger charge is -2.15. The number of aromatic nitrogens is 1. The van der Waals surface area contributed by atoms with Gasteiger partial charge in [0.2, 0.25) is 0 Å². The van der Waals surface area contributed by atoms with Gasteiger partial charge in [0, 0.05) is 11.6 Å². The Bertz CT molecular complexity index is 1330. The number of anilines is 1. The van der Waals surface area contributed by atoms with Crippen LogP contribution >= 0.6 is 24.0 Å². The second-order valence-corrected chi connectivity index (χ2v) is 8.28. The van der Waals surface area contributed by atoms with Crippen LogP contribution in [-0.2, 0) is 4.79 Å². The van der Waals surface area contributed by atoms with E-state index in [-0.39, 0.29) is 20.5 Å². The average Bonchev–Trinajstić information content (AvgIpc) is 3.02. The minimum atomic E-state index is -1.30. The van der Waals surface area contributed by atoms with Crippen molar-refractivity contribution in [2.75, 3.05) is 4.90 Å². The minimum absolute atomic E-state index is 0.195. The highest BCUT2D eigenvalue weighted by molar-refractivity contribution is 8.27. The van der Waals surface area contributed by atoms with Gasteiger partial charge >= 0.3 is 5.97 Å². The molecule has 32 heavy (non-hydrogen) atoms. The number of thiocarbonyl (C=S) groups is 1. The van der Waals surface area contributed by atoms with Crippen molar-refractivity contribution in [3.05, 3.63) is 82.4 Å². The summed E-state index contributed by atoms with van der Waals surface area (Å²) in [6.07, 6.45) is 1.51. The Labute approximate surface area is 189 Å². The molecule has 0 aliphatic carbocycles. The molecule has 0 unspecified atom stereocenters. The molecule has 2 aromatic carbocycles. The lowest BCUT2D eigenvalue weighted by Crippen LogP contribution is -2.27. The topological polar surface area (TPSA) is 90.7 Å². The molecule has 10 heteroatoms. The summed E-state index contributed by atoms with van der Waals surface area (Å²) in [5, 5.41) is 19.0. The smallest absolute Gasteiger partial charge is 0.339 e. The number of pyridine rings is 1. The number of rotatable bonds is 4. The van der Waals surface area contributed by atoms with Gasteiger partial charge in [-0.2, -0.15) is 0 Å². The normalized spacial score (nSPS) is 14.9. The van der Waals surface area contributed by atoms with Crippen LogP contribution in [0.25, 0.3) is 17.3 Å². The van der Waals surface area contributed by atoms with Crippen LogP contribution in [0.5, 0.6) is 5.75 Å². The Hall–Kier alpha value is -3.63. The van der Waals surface area contributed by atoms with Gasteiger partial charge < -0.3 is 10.2 Å². The Morgan fingerprint density at radius 3 is 2.56 bits per heavy atom. The number of carbonyl (C=O) groups is 2. The molecule has 0 bridgehead atoms. The lowest BCUT2D eigenvalue weighted by atomic mass is 10.1. The lowest BCUT2D eigenvalue weighted by molar-refractivity contribution is -0.113. The van der Waals surface area contributed by atoms with E-state index in [0.29, 0.717) is 17.0 Å². The predicted molar refractivity (Wildman–Crippen MR) is 120 cm³/mol. The highest BCUT2D eigenvalue weighted by atomic mass is 32.2. The standard InChI is InChI=1S/C22H12F2N2O4S2/c23-15-7-4-11(8-16(15)24)17-3-1-2-12(25-17)9-19-20(28)26(22(31)32-19)13-5-6-14(21(29)30)18(27)10-13/h1-10,27H,(H,29,30)/b19-9-. The Morgan fingerprint density at radius 2 is 1.88 bits per heavy atom. The molecule has 2 N–H and O–H groups in total. The predicted octanol–water partition coefficient (Wildman–Crippen LogP) is 4.84. The third-order valence-electron chi connectivity index (χ3n) is 4.53. The number of nitrogens with zero attached hydrogens (tertiary/aromatic N) is 2. The highest BCUT2D eigenvalue weighted by Crippen LogP contribution is 2.37. The monoisotopic (exact) mass is 470 g/mol. The molecule has 1 fully saturated rings. The molecule has 4 rings (SSSR count). The fraction of sp³-hybridized carbons (Fsp3) is 0. The van der Waals surface area contributed by atoms with E-state index in [0.717, 1.165) is 30.0 Å². The van der Waals surface area contributed by atoms with Crippen LogP contribution in [-0.4, -0.2) is 31.4 Å². The van der Waals surface area contributed by atoms with Crippen molar-refractivity contribution in [1.29, 1.82) is 0 Å². The van der Waals surface area contributed by atoms with Gasteiger partial charge in [-0.25, -0.2) is 18.6 Å². The summed E-state index contributed by atoms with van der Waals surface area (Å²) in [5.74, 6) is -4.22. The molecule has 0 spiro atoms. The van der Waals surface area contributed by atoms with E-state index in [4.69, 9.17) is 17.3 Å². The number of carbonyl (C=O) groups excluding carboxylic acids is 1. The van der Waals surface area contributed by atoms with Gasteiger partial charge in [-0.05, 0) is 48.5 Å². The molecule has 0 radical (unpaired) electrons. The van der Waals surface area contributed by atoms with Crippen LogP contribution in [0.1, 0.15) is 16.1 Å². The van der Waals surface area contributed by atoms with Crippen molar-refractivity contribution >= 4 is 51.9 Å². The van der Waals surface area contributed by atoms with Crippen molar-refractivity contribution in [2.45, 2.75) is 0 Å². The number of aromatic carboxylic acids is 1. The van der Waals surface area contributed by atoms with E-state index in [2.05, 4.69) is 4.98 Å². The molecule has 0 saturated carbocycles. The maximum Gasteiger partial charge on any atom is 0.339 e. The van der Waals surface area contributed by atoms with E-state index < -0.39 is 29.3 Å². The summed E-state index contributed by atoms with van der Waals surface area (Å²) in [7, 11) is 0. The number of phenols is 1. The van der Waals surface area contributed by atoms with Crippen molar-refractivity contribution < 1.29 is 28.6 Å². The maximum atomic E-state index is 13.6. The molecule has 1 aliphatic heterocycles. The van der Waals surface area contributed by atoms with E-state index in [1.807, 2.05) is 0 Å². The Balaban J connectivity index is 1.64. The molecule has 1 amide bonds. The second-order valence-electron chi connectivity index (χ2n) is 6.60. The second kappa shape index (κ2) is 8.48. The van der Waals surface area contributed by atoms with Gasteiger partial charge in [0.15, 0.2) is 16.0 Å². The van der Waals surface area contributed by atoms with Crippen LogP contribution in [0.4, 0.5) is 14.5 Å². The zero-order valence-corrected chi connectivity index (χ0v) is 17.6. The number of hydrogen-bond donors (Lipinski definition) is 2. The van der Waals surface area contributed by atoms with Crippen LogP contribution in [0.15, 0.2) is 59.5 Å². The van der Waals surface area contributed by atoms with Crippen LogP contribution < -0.4 is 4.90 Å². The zero-order valence-electron chi connectivity index (χ0n) is 16.0. The van der Waals surface area contributed by atoms with Crippen LogP contribution in [0.3, 0.4) is 0 Å². The molecule has 2 heterocycles. The maximum absolute atomic E-state index is 13.6. The molecule has 1 aliphatic rings. The first-order chi connectivity index (χ1) is 15.2. The van der Waals surface area contributed by atoms with Gasteiger partial charge in [0.1, 0.15) is 11.3 Å². The fourth-order valence-corrected chi connectivity index (χ4v) is 4.30. The minimum Gasteiger partial charge on any atom is -0.507 e. The number of hydrogen-bond acceptors (Lipinski definition) is 6. The first-order valence-corrected chi connectivity index (χ1v) is 10.2. The van der Waals surface area contributed by atoms with E-state index in [1.54, 1.807) is 18.2 Å². The third-order valence-corrected chi connectivity index (χ3v) is 5.83. The van der Waals surface area contributed by atoms with E-state index in [9.17, 15) is 23.5 Å². The fourth-order valence-electron chi connectivity index (χ4n) is 3.01. The highest BCUT2D eigenvalue weighted by Gasteiger charge is 2.34. The molecule has 1 aromatic heterocycles. The van der Waals surface area contributed by atoms with Crippen molar-refractivity contribution in [1.82, 2.24) is 4.98 Å². The number of halogens is 2. The van der Waals surface area contributed by atoms with Crippen LogP contribution in [0, 0.1) is 11.6 Å². The molecule has 1 saturated heterocycles. The zero-order chi connectivity index (χ0) is 23.0. The molecular weight excluding hydrogens is 458 g/mol. The average molecular weight is 470 g/mol. The number of amides is 1. The summed E-state index contributed by atoms with van der Waals surface area (Å²) < 4.78 is 27.0. The molecule has 6 nitrogen and oxygen atoms in total. The van der Waals surface area contributed by atoms with Gasteiger partial charge in [0.05, 0.1) is 22.0 Å². The van der Waals surface area contributed by atoms with Gasteiger partial charge in [-0.3, -0.25) is 9.69 Å². The molecule has 160 valence electrons. The number of carboxylic acids is 1. The van der Waals surface area contributed by atoms with E-state index in [1.165, 1.54) is 29.2 Å². The van der Waals surface area contributed by atoms with Crippen LogP contribution in [0.2, 0.25) is 0 Å². The number of thioether (sulfide) groups is 1. The summed E-state index contributed by atoms with van der Waals surface area (Å²) in [5.41, 5.74) is 1.09. The van der Waals surface area contributed by atoms with E-state index >= 15 is 0 Å². The number of benzene rings is 2. The molecule has 3 aromatic rings. The largest absolute Gasteiger partial charge is 0.507 e. The number of carboxylic acid groups (broad SMARTS) is 1. The van der Waals surface area contributed by atoms with Gasteiger partial charge in [-0.15, -0.1) is 0 Å². The first-order valence-electron chi connectivity index (χ1n) is 9.01. The van der Waals surface area contributed by atoms with Crippen molar-refractivity contribution in [3.63, 3.8) is 0 Å². The summed E-state index contributed by atoms with van der Waals surface area (Å²) in [6, 6.07) is 12.1. The van der Waals surface area contributed by atoms with Gasteiger partial charge in [-0.1, -0.05) is 30.0 Å². The quantitative estimate of drug-likeness (QED) is 0.417. The SMILES string of the molecule is O=C(O)c1ccc(N2C(=O)/C(=C/c3cccc(-c4ccc(F)c(F)c4)n3)SC2=S)cc1O. The summed E-state index contributed by atoms with van der Waals surface area (Å²) in [4.78, 5) is 29.8. The number of aromatic hydroxyl groups is 1. The Kier molecular flexibility index (Phi) is 5.72. The molecule has 0 atom stereocenters. The summed E-state index contributed by atoms with van der Waals surface area (Å²) >= 11 is 6.30.